The molecule has 88 valence electrons. The molecule has 2 heteroatoms. The molecule has 0 aliphatic carbocycles. The van der Waals surface area contributed by atoms with Crippen LogP contribution < -0.4 is 0 Å². The molecule has 1 aliphatic rings. The Morgan fingerprint density at radius 1 is 1.06 bits per heavy atom. The van der Waals surface area contributed by atoms with Gasteiger partial charge in [0.15, 0.2) is 0 Å². The predicted molar refractivity (Wildman–Crippen MR) is 74.4 cm³/mol. The zero-order valence-electron chi connectivity index (χ0n) is 11.1. The zero-order chi connectivity index (χ0) is 11.9. The van der Waals surface area contributed by atoms with E-state index in [0.717, 1.165) is 0 Å². The summed E-state index contributed by atoms with van der Waals surface area (Å²) in [6, 6.07) is 11.7. The van der Waals surface area contributed by atoms with Crippen LogP contribution >= 0.6 is 0 Å². The molecule has 0 spiro atoms. The molecule has 0 aromatic heterocycles. The molecule has 2 rings (SSSR count). The van der Waals surface area contributed by atoms with E-state index >= 15 is 0 Å². The minimum absolute atomic E-state index is 0.663. The zero-order valence-corrected chi connectivity index (χ0v) is 11.1. The monoisotopic (exact) mass is 223 g/mol. The number of hydrogen-bond donors (Lipinski definition) is 0. The Morgan fingerprint density at radius 3 is 2.41 bits per heavy atom. The average molecular weight is 223 g/mol. The molecule has 0 amide bonds. The molecule has 0 saturated carbocycles. The molecule has 1 aromatic rings. The van der Waals surface area contributed by atoms with Crippen LogP contribution in [0.4, 0.5) is 0 Å². The summed E-state index contributed by atoms with van der Waals surface area (Å²) >= 11 is 2.29. The van der Waals surface area contributed by atoms with Crippen molar-refractivity contribution in [1.29, 1.82) is 0 Å². The Labute approximate surface area is 115 Å². The number of piperidine rings is 1. The molecule has 1 saturated heterocycles. The van der Waals surface area contributed by atoms with Crippen LogP contribution in [0.5, 0.6) is 0 Å². The van der Waals surface area contributed by atoms with Crippen LogP contribution in [-0.4, -0.2) is 35.7 Å². The van der Waals surface area contributed by atoms with Gasteiger partial charge >= 0.3 is 115 Å². The summed E-state index contributed by atoms with van der Waals surface area (Å²) in [5.41, 5.74) is 1.52. The van der Waals surface area contributed by atoms with Crippen LogP contribution in [0.15, 0.2) is 30.3 Å². The van der Waals surface area contributed by atoms with Crippen molar-refractivity contribution in [1.82, 2.24) is 4.90 Å². The summed E-state index contributed by atoms with van der Waals surface area (Å²) in [6.07, 6.45) is 6.85. The maximum absolute atomic E-state index is 2.70. The molecular weight excluding hydrogens is 201 g/mol. The van der Waals surface area contributed by atoms with Crippen LogP contribution in [0, 0.1) is 0 Å². The number of rotatable bonds is 5. The maximum atomic E-state index is 2.70. The number of likely N-dealkylation sites (tertiary alicyclic amines) is 1. The molecule has 1 heterocycles. The predicted octanol–water partition coefficient (Wildman–Crippen LogP) is 3.58. The molecular formula is C15H22LiN. The van der Waals surface area contributed by atoms with Gasteiger partial charge in [0, 0.05) is 0 Å². The van der Waals surface area contributed by atoms with Crippen molar-refractivity contribution in [3.05, 3.63) is 35.9 Å². The molecule has 0 N–H and O–H groups in total. The van der Waals surface area contributed by atoms with Gasteiger partial charge in [-0.05, 0) is 0 Å². The normalized spacial score (nSPS) is 19.2. The van der Waals surface area contributed by atoms with Gasteiger partial charge in [-0.3, -0.25) is 0 Å². The summed E-state index contributed by atoms with van der Waals surface area (Å²) in [5.74, 6) is 0. The van der Waals surface area contributed by atoms with E-state index in [2.05, 4.69) is 52.9 Å². The Balaban J connectivity index is 2.06. The number of benzene rings is 1. The fourth-order valence-electron chi connectivity index (χ4n) is 2.86. The van der Waals surface area contributed by atoms with Crippen molar-refractivity contribution in [2.75, 3.05) is 13.1 Å². The fourth-order valence-corrected chi connectivity index (χ4v) is 2.86. The molecule has 0 bridgehead atoms. The topological polar surface area (TPSA) is 3.24 Å². The van der Waals surface area contributed by atoms with Gasteiger partial charge in [-0.15, -0.1) is 0 Å². The van der Waals surface area contributed by atoms with E-state index in [-0.39, 0.29) is 0 Å². The quantitative estimate of drug-likeness (QED) is 0.690. The van der Waals surface area contributed by atoms with Crippen LogP contribution in [0.2, 0.25) is 5.09 Å². The fraction of sp³-hybridized carbons (Fsp3) is 0.600. The SMILES string of the molecule is [Li][CH2]CCC(c1ccccc1)N1CCCCC1. The van der Waals surface area contributed by atoms with Crippen molar-refractivity contribution < 1.29 is 0 Å². The molecule has 17 heavy (non-hydrogen) atoms. The minimum atomic E-state index is 0.663. The van der Waals surface area contributed by atoms with E-state index in [1.165, 1.54) is 55.9 Å². The Morgan fingerprint density at radius 2 is 1.76 bits per heavy atom. The van der Waals surface area contributed by atoms with E-state index in [4.69, 9.17) is 0 Å². The van der Waals surface area contributed by atoms with Crippen molar-refractivity contribution in [3.8, 4) is 0 Å². The number of hydrogen-bond acceptors (Lipinski definition) is 1. The summed E-state index contributed by atoms with van der Waals surface area (Å²) in [4.78, 5) is 2.70. The van der Waals surface area contributed by atoms with Crippen LogP contribution in [-0.2, 0) is 0 Å². The van der Waals surface area contributed by atoms with Gasteiger partial charge in [-0.2, -0.15) is 0 Å². The third kappa shape index (κ3) is 3.88. The van der Waals surface area contributed by atoms with E-state index < -0.39 is 0 Å². The Hall–Kier alpha value is -0.223. The second kappa shape index (κ2) is 7.26. The molecule has 0 radical (unpaired) electrons. The van der Waals surface area contributed by atoms with Gasteiger partial charge in [-0.25, -0.2) is 0 Å². The van der Waals surface area contributed by atoms with Gasteiger partial charge < -0.3 is 0 Å². The molecule has 1 atom stereocenters. The molecule has 1 unspecified atom stereocenters. The third-order valence-corrected chi connectivity index (χ3v) is 3.85. The van der Waals surface area contributed by atoms with E-state index in [1.807, 2.05) is 0 Å². The Bertz CT molecular complexity index is 306. The summed E-state index contributed by atoms with van der Waals surface area (Å²) in [5, 5.41) is 1.30. The number of nitrogens with zero attached hydrogens (tertiary/aromatic N) is 1. The van der Waals surface area contributed by atoms with Crippen LogP contribution in [0.25, 0.3) is 0 Å². The van der Waals surface area contributed by atoms with Crippen molar-refractivity contribution >= 4 is 17.7 Å². The summed E-state index contributed by atoms with van der Waals surface area (Å²) in [6.45, 7) is 2.59. The van der Waals surface area contributed by atoms with E-state index in [1.54, 1.807) is 0 Å². The van der Waals surface area contributed by atoms with E-state index in [9.17, 15) is 0 Å². The molecule has 1 nitrogen and oxygen atoms in total. The standard InChI is InChI=1S/C15H22N.Li/c1-2-9-15(14-10-5-3-6-11-14)16-12-7-4-8-13-16;/h3,5-6,10-11,15H,1-2,4,7-9,12-13H2;. The first kappa shape index (κ1) is 13.2. The van der Waals surface area contributed by atoms with Gasteiger partial charge in [0.05, 0.1) is 0 Å². The van der Waals surface area contributed by atoms with Crippen LogP contribution in [0.1, 0.15) is 43.7 Å². The first-order valence-corrected chi connectivity index (χ1v) is 7.21. The molecule has 1 aliphatic heterocycles. The van der Waals surface area contributed by atoms with Crippen LogP contribution in [0.3, 0.4) is 0 Å². The molecule has 1 aromatic carbocycles. The van der Waals surface area contributed by atoms with Gasteiger partial charge in [0.25, 0.3) is 0 Å². The third-order valence-electron chi connectivity index (χ3n) is 3.85. The first-order chi connectivity index (χ1) is 8.42. The van der Waals surface area contributed by atoms with Crippen molar-refractivity contribution in [3.63, 3.8) is 0 Å². The van der Waals surface area contributed by atoms with Crippen molar-refractivity contribution in [2.45, 2.75) is 43.2 Å². The van der Waals surface area contributed by atoms with Gasteiger partial charge in [-0.1, -0.05) is 0 Å². The second-order valence-electron chi connectivity index (χ2n) is 5.17. The second-order valence-corrected chi connectivity index (χ2v) is 5.17. The Kier molecular flexibility index (Phi) is 5.65. The summed E-state index contributed by atoms with van der Waals surface area (Å²) < 4.78 is 0. The van der Waals surface area contributed by atoms with Gasteiger partial charge in [0.1, 0.15) is 0 Å². The van der Waals surface area contributed by atoms with E-state index in [0.29, 0.717) is 6.04 Å². The summed E-state index contributed by atoms with van der Waals surface area (Å²) in [7, 11) is 0. The average Bonchev–Trinajstić information content (AvgIpc) is 2.42. The van der Waals surface area contributed by atoms with Crippen molar-refractivity contribution in [2.24, 2.45) is 0 Å². The first-order valence-electron chi connectivity index (χ1n) is 7.21. The molecule has 1 fully saturated rings. The van der Waals surface area contributed by atoms with Gasteiger partial charge in [0.2, 0.25) is 0 Å².